The minimum absolute atomic E-state index is 0.342. The summed E-state index contributed by atoms with van der Waals surface area (Å²) in [5.41, 5.74) is 1.82. The number of anilines is 1. The molecule has 5 rings (SSSR count). The summed E-state index contributed by atoms with van der Waals surface area (Å²) >= 11 is 1.65. The summed E-state index contributed by atoms with van der Waals surface area (Å²) < 4.78 is 1.84. The van der Waals surface area contributed by atoms with E-state index in [4.69, 9.17) is 5.10 Å². The summed E-state index contributed by atoms with van der Waals surface area (Å²) in [6.45, 7) is 3.81. The Morgan fingerprint density at radius 1 is 1.07 bits per heavy atom. The molecule has 0 aliphatic carbocycles. The molecule has 2 saturated heterocycles. The standard InChI is InChI=1S/C20H24N6OS/c27-19-3-1-2-9-25(19)13-15-6-10-24(11-7-15)18-5-4-17-21-22-20(26(17)23-18)16-8-12-28-14-16/h4-5,8,12,14-15H,1-3,6-7,9-11,13H2. The number of carbonyl (C=O) groups is 1. The van der Waals surface area contributed by atoms with Crippen molar-refractivity contribution in [3.8, 4) is 11.4 Å². The third kappa shape index (κ3) is 3.37. The summed E-state index contributed by atoms with van der Waals surface area (Å²) in [6.07, 6.45) is 5.14. The summed E-state index contributed by atoms with van der Waals surface area (Å²) in [5, 5.41) is 17.5. The van der Waals surface area contributed by atoms with Crippen molar-refractivity contribution in [1.82, 2.24) is 24.7 Å². The molecule has 0 spiro atoms. The van der Waals surface area contributed by atoms with E-state index in [1.165, 1.54) is 0 Å². The highest BCUT2D eigenvalue weighted by molar-refractivity contribution is 7.08. The van der Waals surface area contributed by atoms with Gasteiger partial charge in [-0.05, 0) is 55.2 Å². The van der Waals surface area contributed by atoms with Crippen LogP contribution in [0.15, 0.2) is 29.0 Å². The van der Waals surface area contributed by atoms with Crippen molar-refractivity contribution in [3.63, 3.8) is 0 Å². The van der Waals surface area contributed by atoms with Gasteiger partial charge in [-0.15, -0.1) is 15.3 Å². The minimum Gasteiger partial charge on any atom is -0.355 e. The molecule has 0 aromatic carbocycles. The lowest BCUT2D eigenvalue weighted by molar-refractivity contribution is -0.134. The zero-order valence-electron chi connectivity index (χ0n) is 15.8. The Labute approximate surface area is 168 Å². The van der Waals surface area contributed by atoms with Crippen LogP contribution in [0.5, 0.6) is 0 Å². The van der Waals surface area contributed by atoms with Crippen molar-refractivity contribution in [2.24, 2.45) is 5.92 Å². The molecule has 8 heteroatoms. The van der Waals surface area contributed by atoms with E-state index in [0.717, 1.165) is 81.1 Å². The molecule has 0 N–H and O–H groups in total. The lowest BCUT2D eigenvalue weighted by Crippen LogP contribution is -2.43. The number of fused-ring (bicyclic) bond motifs is 1. The van der Waals surface area contributed by atoms with Crippen molar-refractivity contribution in [1.29, 1.82) is 0 Å². The van der Waals surface area contributed by atoms with Gasteiger partial charge in [0, 0.05) is 43.5 Å². The molecule has 2 aliphatic rings. The minimum atomic E-state index is 0.342. The molecule has 0 atom stereocenters. The van der Waals surface area contributed by atoms with Gasteiger partial charge in [-0.25, -0.2) is 0 Å². The Morgan fingerprint density at radius 3 is 2.75 bits per heavy atom. The molecule has 0 bridgehead atoms. The van der Waals surface area contributed by atoms with E-state index in [9.17, 15) is 4.79 Å². The second-order valence-electron chi connectivity index (χ2n) is 7.72. The van der Waals surface area contributed by atoms with Crippen molar-refractivity contribution in [2.75, 3.05) is 31.1 Å². The van der Waals surface area contributed by atoms with Crippen LogP contribution in [0.2, 0.25) is 0 Å². The van der Waals surface area contributed by atoms with Gasteiger partial charge in [0.2, 0.25) is 5.91 Å². The normalized spacial score (nSPS) is 18.9. The fraction of sp³-hybridized carbons (Fsp3) is 0.500. The van der Waals surface area contributed by atoms with Crippen molar-refractivity contribution in [2.45, 2.75) is 32.1 Å². The first-order valence-electron chi connectivity index (χ1n) is 10.1. The van der Waals surface area contributed by atoms with E-state index in [0.29, 0.717) is 11.8 Å². The number of hydrogen-bond acceptors (Lipinski definition) is 6. The van der Waals surface area contributed by atoms with Gasteiger partial charge >= 0.3 is 0 Å². The molecule has 3 aromatic rings. The van der Waals surface area contributed by atoms with E-state index >= 15 is 0 Å². The molecule has 28 heavy (non-hydrogen) atoms. The number of hydrogen-bond donors (Lipinski definition) is 0. The fourth-order valence-corrected chi connectivity index (χ4v) is 4.87. The number of nitrogens with zero attached hydrogens (tertiary/aromatic N) is 6. The Morgan fingerprint density at radius 2 is 1.96 bits per heavy atom. The van der Waals surface area contributed by atoms with Gasteiger partial charge in [-0.2, -0.15) is 15.9 Å². The quantitative estimate of drug-likeness (QED) is 0.678. The largest absolute Gasteiger partial charge is 0.355 e. The highest BCUT2D eigenvalue weighted by Crippen LogP contribution is 2.26. The van der Waals surface area contributed by atoms with Crippen LogP contribution in [-0.2, 0) is 4.79 Å². The smallest absolute Gasteiger partial charge is 0.222 e. The number of likely N-dealkylation sites (tertiary alicyclic amines) is 1. The number of aromatic nitrogens is 4. The van der Waals surface area contributed by atoms with Gasteiger partial charge in [0.25, 0.3) is 0 Å². The number of carbonyl (C=O) groups excluding carboxylic acids is 1. The van der Waals surface area contributed by atoms with Gasteiger partial charge < -0.3 is 9.80 Å². The van der Waals surface area contributed by atoms with E-state index in [1.807, 2.05) is 28.1 Å². The fourth-order valence-electron chi connectivity index (χ4n) is 4.23. The Bertz CT molecular complexity index is 960. The lowest BCUT2D eigenvalue weighted by Gasteiger charge is -2.36. The van der Waals surface area contributed by atoms with E-state index < -0.39 is 0 Å². The molecule has 2 fully saturated rings. The van der Waals surface area contributed by atoms with Gasteiger partial charge in [-0.1, -0.05) is 0 Å². The van der Waals surface area contributed by atoms with Gasteiger partial charge in [-0.3, -0.25) is 4.79 Å². The van der Waals surface area contributed by atoms with Crippen molar-refractivity contribution in [3.05, 3.63) is 29.0 Å². The van der Waals surface area contributed by atoms with Crippen LogP contribution in [0.3, 0.4) is 0 Å². The van der Waals surface area contributed by atoms with Crippen LogP contribution < -0.4 is 4.90 Å². The average Bonchev–Trinajstić information content (AvgIpc) is 3.39. The molecular formula is C20H24N6OS. The zero-order chi connectivity index (χ0) is 18.9. The lowest BCUT2D eigenvalue weighted by atomic mass is 9.95. The second-order valence-corrected chi connectivity index (χ2v) is 8.50. The average molecular weight is 397 g/mol. The maximum Gasteiger partial charge on any atom is 0.222 e. The highest BCUT2D eigenvalue weighted by Gasteiger charge is 2.26. The Balaban J connectivity index is 1.28. The summed E-state index contributed by atoms with van der Waals surface area (Å²) in [5.74, 6) is 2.69. The summed E-state index contributed by atoms with van der Waals surface area (Å²) in [7, 11) is 0. The number of rotatable bonds is 4. The van der Waals surface area contributed by atoms with E-state index in [1.54, 1.807) is 11.3 Å². The molecule has 0 radical (unpaired) electrons. The molecule has 5 heterocycles. The van der Waals surface area contributed by atoms with E-state index in [2.05, 4.69) is 25.4 Å². The monoisotopic (exact) mass is 396 g/mol. The second kappa shape index (κ2) is 7.50. The summed E-state index contributed by atoms with van der Waals surface area (Å²) in [6, 6.07) is 6.07. The SMILES string of the molecule is O=C1CCCCN1CC1CCN(c2ccc3nnc(-c4ccsc4)n3n2)CC1. The van der Waals surface area contributed by atoms with Gasteiger partial charge in [0.1, 0.15) is 5.82 Å². The van der Waals surface area contributed by atoms with Crippen LogP contribution >= 0.6 is 11.3 Å². The molecule has 2 aliphatic heterocycles. The van der Waals surface area contributed by atoms with Crippen molar-refractivity contribution >= 4 is 28.7 Å². The molecule has 1 amide bonds. The Hall–Kier alpha value is -2.48. The maximum absolute atomic E-state index is 12.1. The molecular weight excluding hydrogens is 372 g/mol. The molecule has 0 saturated carbocycles. The van der Waals surface area contributed by atoms with Crippen LogP contribution in [0.1, 0.15) is 32.1 Å². The predicted octanol–water partition coefficient (Wildman–Crippen LogP) is 3.08. The first-order chi connectivity index (χ1) is 13.8. The predicted molar refractivity (Wildman–Crippen MR) is 109 cm³/mol. The first-order valence-corrected chi connectivity index (χ1v) is 11.0. The number of amides is 1. The zero-order valence-corrected chi connectivity index (χ0v) is 16.6. The van der Waals surface area contributed by atoms with Crippen LogP contribution in [-0.4, -0.2) is 56.8 Å². The van der Waals surface area contributed by atoms with Gasteiger partial charge in [0.15, 0.2) is 11.5 Å². The van der Waals surface area contributed by atoms with Crippen LogP contribution in [0.25, 0.3) is 17.0 Å². The first kappa shape index (κ1) is 17.6. The Kier molecular flexibility index (Phi) is 4.72. The molecule has 0 unspecified atom stereocenters. The van der Waals surface area contributed by atoms with Crippen LogP contribution in [0.4, 0.5) is 5.82 Å². The maximum atomic E-state index is 12.1. The third-order valence-electron chi connectivity index (χ3n) is 5.87. The third-order valence-corrected chi connectivity index (χ3v) is 6.55. The highest BCUT2D eigenvalue weighted by atomic mass is 32.1. The molecule has 146 valence electrons. The van der Waals surface area contributed by atoms with E-state index in [-0.39, 0.29) is 0 Å². The number of piperidine rings is 2. The molecule has 3 aromatic heterocycles. The van der Waals surface area contributed by atoms with Gasteiger partial charge in [0.05, 0.1) is 0 Å². The number of thiophene rings is 1. The topological polar surface area (TPSA) is 66.6 Å². The summed E-state index contributed by atoms with van der Waals surface area (Å²) in [4.78, 5) is 16.5. The molecule has 7 nitrogen and oxygen atoms in total. The van der Waals surface area contributed by atoms with Crippen molar-refractivity contribution < 1.29 is 4.79 Å². The van der Waals surface area contributed by atoms with Crippen LogP contribution in [0, 0.1) is 5.92 Å².